The molecule has 2 aromatic carbocycles. The van der Waals surface area contributed by atoms with Crippen molar-refractivity contribution in [2.75, 3.05) is 26.1 Å². The van der Waals surface area contributed by atoms with Crippen LogP contribution in [-0.2, 0) is 20.9 Å². The molecule has 36 heavy (non-hydrogen) atoms. The van der Waals surface area contributed by atoms with Gasteiger partial charge in [0.2, 0.25) is 11.8 Å². The van der Waals surface area contributed by atoms with Crippen LogP contribution in [0.15, 0.2) is 42.5 Å². The van der Waals surface area contributed by atoms with Crippen LogP contribution in [0.5, 0.6) is 11.5 Å². The van der Waals surface area contributed by atoms with Crippen LogP contribution >= 0.6 is 0 Å². The maximum Gasteiger partial charge on any atom is 0.257 e. The standard InChI is InChI=1S/C27H33N3O6/c1-4-25(31)29-18-7-12-23-21(13-18)27(33)30(2)22-11-10-20(36-24(22)16-35-23)14-26(32)28-15-17-5-8-19(34-3)9-6-17/h5-9,12-13,20,22,24H,4,10-11,14-16H2,1-3H3,(H,28,32)(H,29,31)/t20-,22+,24-/m1/s1. The summed E-state index contributed by atoms with van der Waals surface area (Å²) in [6.45, 7) is 2.46. The van der Waals surface area contributed by atoms with Crippen LogP contribution in [-0.4, -0.2) is 61.6 Å². The molecule has 2 aliphatic rings. The van der Waals surface area contributed by atoms with Crippen molar-refractivity contribution in [3.8, 4) is 11.5 Å². The number of benzene rings is 2. The molecule has 0 spiro atoms. The van der Waals surface area contributed by atoms with E-state index in [1.807, 2.05) is 24.3 Å². The number of methoxy groups -OCH3 is 1. The van der Waals surface area contributed by atoms with E-state index in [4.69, 9.17) is 14.2 Å². The van der Waals surface area contributed by atoms with Crippen LogP contribution in [0, 0.1) is 0 Å². The lowest BCUT2D eigenvalue weighted by atomic mass is 9.94. The summed E-state index contributed by atoms with van der Waals surface area (Å²) in [6, 6.07) is 12.4. The summed E-state index contributed by atoms with van der Waals surface area (Å²) in [7, 11) is 3.38. The summed E-state index contributed by atoms with van der Waals surface area (Å²) in [5.41, 5.74) is 1.95. The fraction of sp³-hybridized carbons (Fsp3) is 0.444. The van der Waals surface area contributed by atoms with Crippen molar-refractivity contribution in [3.05, 3.63) is 53.6 Å². The molecule has 2 N–H and O–H groups in total. The Morgan fingerprint density at radius 1 is 1.11 bits per heavy atom. The highest BCUT2D eigenvalue weighted by Crippen LogP contribution is 2.32. The SMILES string of the molecule is CCC(=O)Nc1ccc2c(c1)C(=O)N(C)[C@H]1CC[C@H](CC(=O)NCc3ccc(OC)cc3)O[C@@H]1CO2. The van der Waals surface area contributed by atoms with Gasteiger partial charge < -0.3 is 29.7 Å². The number of fused-ring (bicyclic) bond motifs is 2. The Morgan fingerprint density at radius 2 is 1.89 bits per heavy atom. The summed E-state index contributed by atoms with van der Waals surface area (Å²) in [5.74, 6) is 0.820. The van der Waals surface area contributed by atoms with Crippen LogP contribution in [0.4, 0.5) is 5.69 Å². The van der Waals surface area contributed by atoms with Gasteiger partial charge in [0, 0.05) is 25.7 Å². The van der Waals surface area contributed by atoms with Gasteiger partial charge in [-0.25, -0.2) is 0 Å². The zero-order valence-electron chi connectivity index (χ0n) is 20.9. The molecule has 0 aromatic heterocycles. The minimum absolute atomic E-state index is 0.0857. The average molecular weight is 496 g/mol. The Balaban J connectivity index is 1.36. The summed E-state index contributed by atoms with van der Waals surface area (Å²) in [6.07, 6.45) is 1.36. The maximum atomic E-state index is 13.3. The van der Waals surface area contributed by atoms with Crippen LogP contribution in [0.25, 0.3) is 0 Å². The fourth-order valence-electron chi connectivity index (χ4n) is 4.58. The fourth-order valence-corrected chi connectivity index (χ4v) is 4.58. The molecular weight excluding hydrogens is 462 g/mol. The Morgan fingerprint density at radius 3 is 2.61 bits per heavy atom. The zero-order chi connectivity index (χ0) is 25.7. The van der Waals surface area contributed by atoms with Gasteiger partial charge in [-0.2, -0.15) is 0 Å². The normalized spacial score (nSPS) is 21.2. The van der Waals surface area contributed by atoms with Crippen molar-refractivity contribution >= 4 is 23.4 Å². The maximum absolute atomic E-state index is 13.3. The Kier molecular flexibility index (Phi) is 8.10. The van der Waals surface area contributed by atoms with Gasteiger partial charge in [-0.1, -0.05) is 19.1 Å². The number of likely N-dealkylation sites (N-methyl/N-ethyl adjacent to an activating group) is 1. The van der Waals surface area contributed by atoms with Crippen LogP contribution < -0.4 is 20.1 Å². The minimum atomic E-state index is -0.347. The third-order valence-corrected chi connectivity index (χ3v) is 6.68. The lowest BCUT2D eigenvalue weighted by Gasteiger charge is -2.42. The van der Waals surface area contributed by atoms with E-state index in [0.29, 0.717) is 42.8 Å². The first kappa shape index (κ1) is 25.5. The first-order valence-electron chi connectivity index (χ1n) is 12.3. The Labute approximate surface area is 211 Å². The second-order valence-electron chi connectivity index (χ2n) is 9.11. The molecule has 4 rings (SSSR count). The van der Waals surface area contributed by atoms with Gasteiger partial charge in [0.15, 0.2) is 0 Å². The third kappa shape index (κ3) is 5.96. The van der Waals surface area contributed by atoms with Crippen molar-refractivity contribution in [2.45, 2.75) is 57.4 Å². The van der Waals surface area contributed by atoms with E-state index in [-0.39, 0.29) is 49.0 Å². The second-order valence-corrected chi connectivity index (χ2v) is 9.11. The molecule has 0 aliphatic carbocycles. The number of hydrogen-bond donors (Lipinski definition) is 2. The molecule has 9 nitrogen and oxygen atoms in total. The monoisotopic (exact) mass is 495 g/mol. The molecule has 1 saturated heterocycles. The molecule has 192 valence electrons. The van der Waals surface area contributed by atoms with Gasteiger partial charge in [-0.05, 0) is 48.7 Å². The smallest absolute Gasteiger partial charge is 0.257 e. The van der Waals surface area contributed by atoms with E-state index < -0.39 is 0 Å². The van der Waals surface area contributed by atoms with Gasteiger partial charge in [-0.15, -0.1) is 0 Å². The molecule has 1 fully saturated rings. The summed E-state index contributed by atoms with van der Waals surface area (Å²) in [5, 5.41) is 5.73. The summed E-state index contributed by atoms with van der Waals surface area (Å²) in [4.78, 5) is 39.3. The van der Waals surface area contributed by atoms with Crippen molar-refractivity contribution in [2.24, 2.45) is 0 Å². The van der Waals surface area contributed by atoms with E-state index in [0.717, 1.165) is 11.3 Å². The van der Waals surface area contributed by atoms with Crippen LogP contribution in [0.1, 0.15) is 48.5 Å². The van der Waals surface area contributed by atoms with Crippen molar-refractivity contribution in [1.29, 1.82) is 0 Å². The largest absolute Gasteiger partial charge is 0.497 e. The van der Waals surface area contributed by atoms with E-state index >= 15 is 0 Å². The van der Waals surface area contributed by atoms with E-state index in [1.165, 1.54) is 0 Å². The summed E-state index contributed by atoms with van der Waals surface area (Å²) < 4.78 is 17.4. The first-order chi connectivity index (χ1) is 17.4. The van der Waals surface area contributed by atoms with Gasteiger partial charge in [0.1, 0.15) is 24.2 Å². The predicted molar refractivity (Wildman–Crippen MR) is 134 cm³/mol. The molecule has 0 unspecified atom stereocenters. The highest BCUT2D eigenvalue weighted by atomic mass is 16.5. The highest BCUT2D eigenvalue weighted by molar-refractivity contribution is 5.99. The number of anilines is 1. The van der Waals surface area contributed by atoms with Crippen molar-refractivity contribution in [3.63, 3.8) is 0 Å². The van der Waals surface area contributed by atoms with Gasteiger partial charge >= 0.3 is 0 Å². The number of nitrogens with one attached hydrogen (secondary N) is 2. The quantitative estimate of drug-likeness (QED) is 0.611. The number of rotatable bonds is 7. The second kappa shape index (κ2) is 11.4. The third-order valence-electron chi connectivity index (χ3n) is 6.68. The molecule has 2 heterocycles. The molecule has 2 aliphatic heterocycles. The lowest BCUT2D eigenvalue weighted by molar-refractivity contribution is -0.134. The Hall–Kier alpha value is -3.59. The molecule has 0 bridgehead atoms. The highest BCUT2D eigenvalue weighted by Gasteiger charge is 2.39. The van der Waals surface area contributed by atoms with Gasteiger partial charge in [-0.3, -0.25) is 14.4 Å². The number of hydrogen-bond acceptors (Lipinski definition) is 6. The molecule has 3 atom stereocenters. The van der Waals surface area contributed by atoms with Crippen LogP contribution in [0.2, 0.25) is 0 Å². The zero-order valence-corrected chi connectivity index (χ0v) is 20.9. The van der Waals surface area contributed by atoms with Crippen molar-refractivity contribution < 1.29 is 28.6 Å². The van der Waals surface area contributed by atoms with E-state index in [2.05, 4.69) is 10.6 Å². The number of amides is 3. The lowest BCUT2D eigenvalue weighted by Crippen LogP contribution is -2.53. The van der Waals surface area contributed by atoms with Gasteiger partial charge in [0.05, 0.1) is 31.2 Å². The predicted octanol–water partition coefficient (Wildman–Crippen LogP) is 3.13. The number of ether oxygens (including phenoxy) is 3. The average Bonchev–Trinajstić information content (AvgIpc) is 2.90. The minimum Gasteiger partial charge on any atom is -0.497 e. The molecule has 0 saturated carbocycles. The molecule has 9 heteroatoms. The molecule has 0 radical (unpaired) electrons. The Bertz CT molecular complexity index is 1100. The summed E-state index contributed by atoms with van der Waals surface area (Å²) >= 11 is 0. The molecule has 3 amide bonds. The van der Waals surface area contributed by atoms with Crippen molar-refractivity contribution in [1.82, 2.24) is 10.2 Å². The number of carbonyl (C=O) groups is 3. The number of nitrogens with zero attached hydrogens (tertiary/aromatic N) is 1. The first-order valence-corrected chi connectivity index (χ1v) is 12.3. The van der Waals surface area contributed by atoms with E-state index in [1.54, 1.807) is 44.2 Å². The van der Waals surface area contributed by atoms with Crippen LogP contribution in [0.3, 0.4) is 0 Å². The van der Waals surface area contributed by atoms with Gasteiger partial charge in [0.25, 0.3) is 5.91 Å². The topological polar surface area (TPSA) is 106 Å². The molecule has 2 aromatic rings. The molecular formula is C27H33N3O6. The number of carbonyl (C=O) groups excluding carboxylic acids is 3. The van der Waals surface area contributed by atoms with E-state index in [9.17, 15) is 14.4 Å².